The Balaban J connectivity index is 1.93. The summed E-state index contributed by atoms with van der Waals surface area (Å²) in [5, 5.41) is 3.32. The fourth-order valence-electron chi connectivity index (χ4n) is 2.92. The number of nitrogens with zero attached hydrogens (tertiary/aromatic N) is 3. The Labute approximate surface area is 171 Å². The fraction of sp³-hybridized carbons (Fsp3) is 0.304. The Morgan fingerprint density at radius 1 is 1.10 bits per heavy atom. The molecule has 0 fully saturated rings. The zero-order valence-electron chi connectivity index (χ0n) is 17.5. The lowest BCUT2D eigenvalue weighted by Crippen LogP contribution is -2.24. The Hall–Kier alpha value is -3.28. The molecule has 0 unspecified atom stereocenters. The van der Waals surface area contributed by atoms with E-state index in [1.165, 1.54) is 0 Å². The number of hydrogen-bond acceptors (Lipinski definition) is 6. The van der Waals surface area contributed by atoms with E-state index in [4.69, 9.17) is 4.74 Å². The van der Waals surface area contributed by atoms with Crippen molar-refractivity contribution in [1.29, 1.82) is 0 Å². The van der Waals surface area contributed by atoms with Gasteiger partial charge in [0.1, 0.15) is 11.3 Å². The highest BCUT2D eigenvalue weighted by molar-refractivity contribution is 5.97. The van der Waals surface area contributed by atoms with Crippen molar-refractivity contribution < 1.29 is 9.53 Å². The molecule has 2 aromatic heterocycles. The number of pyridine rings is 1. The monoisotopic (exact) mass is 390 g/mol. The van der Waals surface area contributed by atoms with Gasteiger partial charge < -0.3 is 10.1 Å². The van der Waals surface area contributed by atoms with E-state index in [-0.39, 0.29) is 5.97 Å². The van der Waals surface area contributed by atoms with Gasteiger partial charge in [-0.3, -0.25) is 15.0 Å². The largest absolute Gasteiger partial charge is 0.456 e. The summed E-state index contributed by atoms with van der Waals surface area (Å²) in [5.41, 5.74) is 4.99. The van der Waals surface area contributed by atoms with Gasteiger partial charge in [0.05, 0.1) is 35.0 Å². The minimum absolute atomic E-state index is 0.358. The van der Waals surface area contributed by atoms with E-state index in [2.05, 4.69) is 27.2 Å². The maximum Gasteiger partial charge on any atom is 0.340 e. The zero-order valence-corrected chi connectivity index (χ0v) is 17.5. The lowest BCUT2D eigenvalue weighted by Gasteiger charge is -2.21. The van der Waals surface area contributed by atoms with Crippen molar-refractivity contribution in [3.05, 3.63) is 65.7 Å². The molecule has 6 nitrogen and oxygen atoms in total. The topological polar surface area (TPSA) is 77.0 Å². The third-order valence-corrected chi connectivity index (χ3v) is 4.23. The Bertz CT molecular complexity index is 1010. The Kier molecular flexibility index (Phi) is 5.92. The molecular weight excluding hydrogens is 364 g/mol. The number of rotatable bonds is 5. The lowest BCUT2D eigenvalue weighted by molar-refractivity contribution is 0.00706. The van der Waals surface area contributed by atoms with Crippen LogP contribution < -0.4 is 5.32 Å². The number of carbonyl (C=O) groups excluding carboxylic acids is 1. The summed E-state index contributed by atoms with van der Waals surface area (Å²) in [6.07, 6.45) is 7.53. The van der Waals surface area contributed by atoms with Crippen molar-refractivity contribution in [2.75, 3.05) is 5.32 Å². The van der Waals surface area contributed by atoms with E-state index in [0.717, 1.165) is 34.6 Å². The third-order valence-electron chi connectivity index (χ3n) is 4.23. The van der Waals surface area contributed by atoms with Gasteiger partial charge in [0.15, 0.2) is 0 Å². The molecule has 6 heteroatoms. The molecular formula is C23H26N4O2. The number of aromatic nitrogens is 3. The van der Waals surface area contributed by atoms with Crippen molar-refractivity contribution in [2.24, 2.45) is 0 Å². The van der Waals surface area contributed by atoms with Crippen molar-refractivity contribution in [3.8, 4) is 11.4 Å². The van der Waals surface area contributed by atoms with E-state index >= 15 is 0 Å². The molecule has 0 aliphatic heterocycles. The first-order valence-electron chi connectivity index (χ1n) is 9.63. The predicted molar refractivity (Wildman–Crippen MR) is 114 cm³/mol. The van der Waals surface area contributed by atoms with E-state index in [1.807, 2.05) is 52.0 Å². The molecule has 0 spiro atoms. The van der Waals surface area contributed by atoms with E-state index < -0.39 is 5.60 Å². The molecule has 3 rings (SSSR count). The normalized spacial score (nSPS) is 11.2. The highest BCUT2D eigenvalue weighted by Gasteiger charge is 2.21. The van der Waals surface area contributed by atoms with Crippen molar-refractivity contribution in [1.82, 2.24) is 15.0 Å². The van der Waals surface area contributed by atoms with Crippen LogP contribution >= 0.6 is 0 Å². The molecule has 150 valence electrons. The smallest absolute Gasteiger partial charge is 0.340 e. The average Bonchev–Trinajstić information content (AvgIpc) is 2.68. The number of esters is 1. The number of benzene rings is 1. The lowest BCUT2D eigenvalue weighted by atomic mass is 10.1. The molecule has 2 heterocycles. The summed E-state index contributed by atoms with van der Waals surface area (Å²) in [6, 6.07) is 7.70. The van der Waals surface area contributed by atoms with Gasteiger partial charge in [0.2, 0.25) is 0 Å². The van der Waals surface area contributed by atoms with Gasteiger partial charge in [-0.05, 0) is 57.9 Å². The predicted octanol–water partition coefficient (Wildman–Crippen LogP) is 5.11. The maximum atomic E-state index is 12.7. The highest BCUT2D eigenvalue weighted by Crippen LogP contribution is 2.27. The average molecular weight is 390 g/mol. The number of anilines is 2. The Morgan fingerprint density at radius 3 is 2.55 bits per heavy atom. The Morgan fingerprint density at radius 2 is 1.90 bits per heavy atom. The van der Waals surface area contributed by atoms with Crippen LogP contribution in [-0.2, 0) is 11.2 Å². The van der Waals surface area contributed by atoms with Crippen molar-refractivity contribution >= 4 is 17.3 Å². The van der Waals surface area contributed by atoms with Crippen molar-refractivity contribution in [3.63, 3.8) is 0 Å². The van der Waals surface area contributed by atoms with Gasteiger partial charge in [-0.1, -0.05) is 18.6 Å². The second-order valence-electron chi connectivity index (χ2n) is 7.85. The summed E-state index contributed by atoms with van der Waals surface area (Å²) < 4.78 is 5.57. The van der Waals surface area contributed by atoms with E-state index in [0.29, 0.717) is 11.3 Å². The number of aryl methyl sites for hydroxylation is 2. The van der Waals surface area contributed by atoms with Crippen molar-refractivity contribution in [2.45, 2.75) is 46.6 Å². The van der Waals surface area contributed by atoms with Gasteiger partial charge in [0.25, 0.3) is 0 Å². The van der Waals surface area contributed by atoms with Gasteiger partial charge in [-0.15, -0.1) is 0 Å². The molecule has 1 aromatic carbocycles. The van der Waals surface area contributed by atoms with E-state index in [1.54, 1.807) is 24.8 Å². The SMILES string of the molecule is CCc1cc(Nc2ccc(C)cc2C(=O)OC(C)(C)C)cnc1-c1cnccn1. The summed E-state index contributed by atoms with van der Waals surface area (Å²) in [4.78, 5) is 25.8. The van der Waals surface area contributed by atoms with Crippen LogP contribution in [0, 0.1) is 6.92 Å². The second-order valence-corrected chi connectivity index (χ2v) is 7.85. The molecule has 0 aliphatic carbocycles. The first kappa shape index (κ1) is 20.5. The minimum Gasteiger partial charge on any atom is -0.456 e. The number of hydrogen-bond donors (Lipinski definition) is 1. The van der Waals surface area contributed by atoms with Gasteiger partial charge in [-0.2, -0.15) is 0 Å². The molecule has 0 radical (unpaired) electrons. The number of nitrogens with one attached hydrogen (secondary N) is 1. The van der Waals surface area contributed by atoms with Gasteiger partial charge >= 0.3 is 5.97 Å². The van der Waals surface area contributed by atoms with Gasteiger partial charge in [0, 0.05) is 12.4 Å². The highest BCUT2D eigenvalue weighted by atomic mass is 16.6. The quantitative estimate of drug-likeness (QED) is 0.610. The molecule has 0 aliphatic rings. The summed E-state index contributed by atoms with van der Waals surface area (Å²) >= 11 is 0. The van der Waals surface area contributed by atoms with Gasteiger partial charge in [-0.25, -0.2) is 4.79 Å². The van der Waals surface area contributed by atoms with Crippen LogP contribution in [0.3, 0.4) is 0 Å². The summed E-state index contributed by atoms with van der Waals surface area (Å²) in [5.74, 6) is -0.358. The molecule has 0 amide bonds. The fourth-order valence-corrected chi connectivity index (χ4v) is 2.92. The first-order chi connectivity index (χ1) is 13.8. The minimum atomic E-state index is -0.562. The van der Waals surface area contributed by atoms with Crippen LogP contribution in [0.5, 0.6) is 0 Å². The molecule has 1 N–H and O–H groups in total. The first-order valence-corrected chi connectivity index (χ1v) is 9.63. The summed E-state index contributed by atoms with van der Waals surface area (Å²) in [7, 11) is 0. The van der Waals surface area contributed by atoms with Crippen LogP contribution in [0.4, 0.5) is 11.4 Å². The van der Waals surface area contributed by atoms with Crippen LogP contribution in [0.15, 0.2) is 49.1 Å². The van der Waals surface area contributed by atoms with Crippen LogP contribution in [0.25, 0.3) is 11.4 Å². The molecule has 3 aromatic rings. The van der Waals surface area contributed by atoms with Crippen LogP contribution in [0.2, 0.25) is 0 Å². The zero-order chi connectivity index (χ0) is 21.0. The molecule has 29 heavy (non-hydrogen) atoms. The van der Waals surface area contributed by atoms with Crippen LogP contribution in [-0.4, -0.2) is 26.5 Å². The number of carbonyl (C=O) groups is 1. The number of ether oxygens (including phenoxy) is 1. The second kappa shape index (κ2) is 8.39. The molecule has 0 bridgehead atoms. The molecule has 0 atom stereocenters. The van der Waals surface area contributed by atoms with Crippen LogP contribution in [0.1, 0.15) is 49.2 Å². The standard InChI is InChI=1S/C23H26N4O2/c1-6-16-12-17(13-26-21(16)20-14-24-9-10-25-20)27-19-8-7-15(2)11-18(19)22(28)29-23(3,4)5/h7-14,27H,6H2,1-5H3. The third kappa shape index (κ3) is 5.16. The molecule has 0 saturated carbocycles. The van der Waals surface area contributed by atoms with E-state index in [9.17, 15) is 4.79 Å². The summed E-state index contributed by atoms with van der Waals surface area (Å²) in [6.45, 7) is 9.59. The maximum absolute atomic E-state index is 12.7. The molecule has 0 saturated heterocycles.